The maximum absolute atomic E-state index is 13.4. The molecule has 0 aromatic heterocycles. The molecule has 2 aromatic carbocycles. The SMILES string of the molecule is Cc1ccc(C(CN)N(C)c2cccc(F)c2)c(Br)c1. The molecule has 2 rings (SSSR count). The van der Waals surface area contributed by atoms with Gasteiger partial charge in [0.2, 0.25) is 0 Å². The second-order valence-electron chi connectivity index (χ2n) is 4.87. The number of halogens is 2. The van der Waals surface area contributed by atoms with Crippen molar-refractivity contribution in [3.8, 4) is 0 Å². The van der Waals surface area contributed by atoms with Crippen molar-refractivity contribution in [1.82, 2.24) is 0 Å². The number of aryl methyl sites for hydroxylation is 1. The molecule has 0 aliphatic heterocycles. The maximum Gasteiger partial charge on any atom is 0.125 e. The van der Waals surface area contributed by atoms with E-state index in [0.29, 0.717) is 6.54 Å². The highest BCUT2D eigenvalue weighted by atomic mass is 79.9. The predicted octanol–water partition coefficient (Wildman–Crippen LogP) is 4.03. The third-order valence-corrected chi connectivity index (χ3v) is 4.11. The van der Waals surface area contributed by atoms with E-state index in [4.69, 9.17) is 5.73 Å². The Morgan fingerprint density at radius 3 is 2.60 bits per heavy atom. The lowest BCUT2D eigenvalue weighted by molar-refractivity contribution is 0.623. The van der Waals surface area contributed by atoms with Crippen LogP contribution in [0.15, 0.2) is 46.9 Å². The molecule has 0 aliphatic rings. The maximum atomic E-state index is 13.4. The average molecular weight is 337 g/mol. The first-order valence-corrected chi connectivity index (χ1v) is 7.26. The Morgan fingerprint density at radius 2 is 2.00 bits per heavy atom. The van der Waals surface area contributed by atoms with Crippen LogP contribution in [-0.4, -0.2) is 13.6 Å². The Kier molecular flexibility index (Phi) is 4.78. The third-order valence-electron chi connectivity index (χ3n) is 3.42. The summed E-state index contributed by atoms with van der Waals surface area (Å²) in [5.41, 5.74) is 9.03. The monoisotopic (exact) mass is 336 g/mol. The van der Waals surface area contributed by atoms with Crippen molar-refractivity contribution in [2.75, 3.05) is 18.5 Å². The van der Waals surface area contributed by atoms with Crippen LogP contribution in [0.4, 0.5) is 10.1 Å². The fraction of sp³-hybridized carbons (Fsp3) is 0.250. The van der Waals surface area contributed by atoms with Crippen molar-refractivity contribution >= 4 is 21.6 Å². The van der Waals surface area contributed by atoms with Crippen molar-refractivity contribution < 1.29 is 4.39 Å². The van der Waals surface area contributed by atoms with E-state index in [1.54, 1.807) is 6.07 Å². The van der Waals surface area contributed by atoms with Gasteiger partial charge in [-0.15, -0.1) is 0 Å². The number of hydrogen-bond donors (Lipinski definition) is 1. The summed E-state index contributed by atoms with van der Waals surface area (Å²) in [5, 5.41) is 0. The highest BCUT2D eigenvalue weighted by Gasteiger charge is 2.18. The van der Waals surface area contributed by atoms with Crippen molar-refractivity contribution in [2.45, 2.75) is 13.0 Å². The largest absolute Gasteiger partial charge is 0.366 e. The molecule has 0 saturated carbocycles. The molecule has 0 aliphatic carbocycles. The second-order valence-corrected chi connectivity index (χ2v) is 5.72. The van der Waals surface area contributed by atoms with E-state index in [1.165, 1.54) is 17.7 Å². The van der Waals surface area contributed by atoms with Crippen molar-refractivity contribution in [1.29, 1.82) is 0 Å². The van der Waals surface area contributed by atoms with Gasteiger partial charge in [0.25, 0.3) is 0 Å². The second kappa shape index (κ2) is 6.37. The minimum Gasteiger partial charge on any atom is -0.366 e. The van der Waals surface area contributed by atoms with E-state index in [0.717, 1.165) is 15.7 Å². The van der Waals surface area contributed by atoms with Crippen LogP contribution in [0.3, 0.4) is 0 Å². The molecule has 0 amide bonds. The van der Waals surface area contributed by atoms with Crippen LogP contribution < -0.4 is 10.6 Å². The minimum absolute atomic E-state index is 0.00762. The summed E-state index contributed by atoms with van der Waals surface area (Å²) in [6, 6.07) is 12.7. The number of anilines is 1. The Labute approximate surface area is 127 Å². The van der Waals surface area contributed by atoms with Gasteiger partial charge in [-0.25, -0.2) is 4.39 Å². The molecule has 4 heteroatoms. The van der Waals surface area contributed by atoms with Gasteiger partial charge in [0.1, 0.15) is 5.82 Å². The number of likely N-dealkylation sites (N-methyl/N-ethyl adjacent to an activating group) is 1. The Bertz CT molecular complexity index is 601. The van der Waals surface area contributed by atoms with Crippen LogP contribution in [0, 0.1) is 12.7 Å². The van der Waals surface area contributed by atoms with Gasteiger partial charge in [-0.1, -0.05) is 34.1 Å². The van der Waals surface area contributed by atoms with E-state index in [2.05, 4.69) is 34.1 Å². The van der Waals surface area contributed by atoms with E-state index in [1.807, 2.05) is 24.9 Å². The molecule has 0 bridgehead atoms. The predicted molar refractivity (Wildman–Crippen MR) is 85.5 cm³/mol. The van der Waals surface area contributed by atoms with Gasteiger partial charge >= 0.3 is 0 Å². The first-order chi connectivity index (χ1) is 9.52. The average Bonchev–Trinajstić information content (AvgIpc) is 2.41. The zero-order chi connectivity index (χ0) is 14.7. The molecule has 1 atom stereocenters. The number of nitrogens with two attached hydrogens (primary N) is 1. The van der Waals surface area contributed by atoms with Crippen LogP contribution in [-0.2, 0) is 0 Å². The number of benzene rings is 2. The standard InChI is InChI=1S/C16H18BrFN2/c1-11-6-7-14(15(17)8-11)16(10-19)20(2)13-5-3-4-12(18)9-13/h3-9,16H,10,19H2,1-2H3. The molecule has 0 fully saturated rings. The molecule has 20 heavy (non-hydrogen) atoms. The van der Waals surface area contributed by atoms with Gasteiger partial charge in [0.15, 0.2) is 0 Å². The third kappa shape index (κ3) is 3.19. The molecule has 1 unspecified atom stereocenters. The Morgan fingerprint density at radius 1 is 1.25 bits per heavy atom. The number of hydrogen-bond acceptors (Lipinski definition) is 2. The Hall–Kier alpha value is -1.39. The molecule has 0 heterocycles. The van der Waals surface area contributed by atoms with Crippen LogP contribution in [0.1, 0.15) is 17.2 Å². The summed E-state index contributed by atoms with van der Waals surface area (Å²) >= 11 is 3.59. The quantitative estimate of drug-likeness (QED) is 0.913. The summed E-state index contributed by atoms with van der Waals surface area (Å²) < 4.78 is 14.4. The molecule has 2 aromatic rings. The molecule has 106 valence electrons. The molecular weight excluding hydrogens is 319 g/mol. The number of nitrogens with zero attached hydrogens (tertiary/aromatic N) is 1. The van der Waals surface area contributed by atoms with Crippen molar-refractivity contribution in [2.24, 2.45) is 5.73 Å². The fourth-order valence-electron chi connectivity index (χ4n) is 2.27. The molecule has 2 N–H and O–H groups in total. The van der Waals surface area contributed by atoms with Gasteiger partial charge in [0.05, 0.1) is 6.04 Å². The minimum atomic E-state index is -0.243. The Balaban J connectivity index is 2.36. The summed E-state index contributed by atoms with van der Waals surface area (Å²) in [5.74, 6) is -0.243. The lowest BCUT2D eigenvalue weighted by Gasteiger charge is -2.30. The molecule has 0 radical (unpaired) electrons. The molecule has 0 saturated heterocycles. The van der Waals surface area contributed by atoms with Crippen molar-refractivity contribution in [3.05, 3.63) is 63.9 Å². The van der Waals surface area contributed by atoms with E-state index in [-0.39, 0.29) is 11.9 Å². The first-order valence-electron chi connectivity index (χ1n) is 6.47. The lowest BCUT2D eigenvalue weighted by atomic mass is 10.0. The highest BCUT2D eigenvalue weighted by Crippen LogP contribution is 2.30. The number of rotatable bonds is 4. The zero-order valence-corrected chi connectivity index (χ0v) is 13.2. The normalized spacial score (nSPS) is 12.2. The van der Waals surface area contributed by atoms with Gasteiger partial charge in [0, 0.05) is 23.8 Å². The van der Waals surface area contributed by atoms with E-state index < -0.39 is 0 Å². The summed E-state index contributed by atoms with van der Waals surface area (Å²) in [4.78, 5) is 2.00. The van der Waals surface area contributed by atoms with Gasteiger partial charge in [-0.2, -0.15) is 0 Å². The fourth-order valence-corrected chi connectivity index (χ4v) is 3.03. The smallest absolute Gasteiger partial charge is 0.125 e. The van der Waals surface area contributed by atoms with Crippen LogP contribution in [0.2, 0.25) is 0 Å². The molecular formula is C16H18BrFN2. The zero-order valence-electron chi connectivity index (χ0n) is 11.6. The molecule has 2 nitrogen and oxygen atoms in total. The van der Waals surface area contributed by atoms with E-state index in [9.17, 15) is 4.39 Å². The lowest BCUT2D eigenvalue weighted by Crippen LogP contribution is -2.30. The van der Waals surface area contributed by atoms with Gasteiger partial charge in [-0.3, -0.25) is 0 Å². The topological polar surface area (TPSA) is 29.3 Å². The van der Waals surface area contributed by atoms with Crippen molar-refractivity contribution in [3.63, 3.8) is 0 Å². The molecule has 0 spiro atoms. The van der Waals surface area contributed by atoms with Gasteiger partial charge < -0.3 is 10.6 Å². The summed E-state index contributed by atoms with van der Waals surface area (Å²) in [7, 11) is 1.93. The summed E-state index contributed by atoms with van der Waals surface area (Å²) in [6.07, 6.45) is 0. The summed E-state index contributed by atoms with van der Waals surface area (Å²) in [6.45, 7) is 2.50. The van der Waals surface area contributed by atoms with Crippen LogP contribution in [0.5, 0.6) is 0 Å². The highest BCUT2D eigenvalue weighted by molar-refractivity contribution is 9.10. The van der Waals surface area contributed by atoms with Crippen LogP contribution in [0.25, 0.3) is 0 Å². The first kappa shape index (κ1) is 15.0. The van der Waals surface area contributed by atoms with Crippen LogP contribution >= 0.6 is 15.9 Å². The van der Waals surface area contributed by atoms with E-state index >= 15 is 0 Å². The van der Waals surface area contributed by atoms with Gasteiger partial charge in [-0.05, 0) is 42.3 Å².